The van der Waals surface area contributed by atoms with Crippen LogP contribution in [0.1, 0.15) is 25.5 Å². The monoisotopic (exact) mass is 415 g/mol. The predicted octanol–water partition coefficient (Wildman–Crippen LogP) is 3.92. The first kappa shape index (κ1) is 20.1. The van der Waals surface area contributed by atoms with Gasteiger partial charge in [0.05, 0.1) is 5.69 Å². The van der Waals surface area contributed by atoms with Crippen LogP contribution < -0.4 is 5.73 Å². The second kappa shape index (κ2) is 7.24. The van der Waals surface area contributed by atoms with Crippen LogP contribution in [0.3, 0.4) is 0 Å². The van der Waals surface area contributed by atoms with Crippen LogP contribution in [-0.4, -0.2) is 38.5 Å². The number of imidazole rings is 1. The minimum atomic E-state index is -3.50. The van der Waals surface area contributed by atoms with E-state index in [-0.39, 0.29) is 18.0 Å². The summed E-state index contributed by atoms with van der Waals surface area (Å²) in [7, 11) is 0. The molecule has 4 rings (SSSR count). The second-order valence-electron chi connectivity index (χ2n) is 7.54. The highest BCUT2D eigenvalue weighted by Crippen LogP contribution is 2.46. The van der Waals surface area contributed by atoms with E-state index in [1.165, 1.54) is 26.0 Å². The quantitative estimate of drug-likeness (QED) is 0.703. The Hall–Kier alpha value is -3.20. The smallest absolute Gasteiger partial charge is 0.301 e. The Balaban J connectivity index is 1.77. The van der Waals surface area contributed by atoms with Crippen LogP contribution in [0.15, 0.2) is 60.1 Å². The highest BCUT2D eigenvalue weighted by atomic mass is 19.3. The summed E-state index contributed by atoms with van der Waals surface area (Å²) in [5.41, 5.74) is 4.51. The van der Waals surface area contributed by atoms with Crippen LogP contribution in [0, 0.1) is 5.82 Å². The lowest BCUT2D eigenvalue weighted by Gasteiger charge is -2.35. The molecule has 9 heteroatoms. The summed E-state index contributed by atoms with van der Waals surface area (Å²) in [5, 5.41) is 0. The van der Waals surface area contributed by atoms with Gasteiger partial charge in [0, 0.05) is 23.5 Å². The summed E-state index contributed by atoms with van der Waals surface area (Å²) in [4.78, 5) is 12.4. The standard InChI is InChI=1S/C21H20F3N5O/c1-20(2)21(23,24)19(28-17(25)11-30-20)14-9-13(6-7-15(14)22)16-10-29(12-27-16)18-5-3-4-8-26-18/h3-10,12,19H,11H2,1-2H3,(H2,25,28). The van der Waals surface area contributed by atoms with E-state index in [0.717, 1.165) is 6.07 Å². The first-order valence-corrected chi connectivity index (χ1v) is 9.28. The van der Waals surface area contributed by atoms with Crippen molar-refractivity contribution in [2.24, 2.45) is 10.7 Å². The number of hydrogen-bond donors (Lipinski definition) is 1. The predicted molar refractivity (Wildman–Crippen MR) is 106 cm³/mol. The van der Waals surface area contributed by atoms with Gasteiger partial charge in [-0.3, -0.25) is 9.56 Å². The van der Waals surface area contributed by atoms with Crippen LogP contribution in [0.5, 0.6) is 0 Å². The molecule has 0 radical (unpaired) electrons. The molecule has 0 saturated carbocycles. The molecule has 3 heterocycles. The molecule has 0 spiro atoms. The van der Waals surface area contributed by atoms with Gasteiger partial charge in [0.25, 0.3) is 0 Å². The first-order valence-electron chi connectivity index (χ1n) is 9.28. The largest absolute Gasteiger partial charge is 0.386 e. The van der Waals surface area contributed by atoms with Gasteiger partial charge in [-0.1, -0.05) is 6.07 Å². The molecule has 2 N–H and O–H groups in total. The Bertz CT molecular complexity index is 1100. The van der Waals surface area contributed by atoms with E-state index >= 15 is 8.78 Å². The van der Waals surface area contributed by atoms with Crippen molar-refractivity contribution in [1.82, 2.24) is 14.5 Å². The molecule has 156 valence electrons. The molecule has 0 aliphatic carbocycles. The number of rotatable bonds is 3. The van der Waals surface area contributed by atoms with E-state index in [1.807, 2.05) is 6.07 Å². The van der Waals surface area contributed by atoms with Crippen LogP contribution in [0.2, 0.25) is 0 Å². The minimum Gasteiger partial charge on any atom is -0.386 e. The van der Waals surface area contributed by atoms with Gasteiger partial charge in [-0.05, 0) is 44.2 Å². The summed E-state index contributed by atoms with van der Waals surface area (Å²) < 4.78 is 52.0. The third-order valence-corrected chi connectivity index (χ3v) is 5.10. The number of aliphatic imine (C=N–C) groups is 1. The summed E-state index contributed by atoms with van der Waals surface area (Å²) >= 11 is 0. The summed E-state index contributed by atoms with van der Waals surface area (Å²) in [6.45, 7) is 2.23. The molecular weight excluding hydrogens is 395 g/mol. The number of halogens is 3. The molecule has 1 atom stereocenters. The number of pyridine rings is 1. The zero-order valence-electron chi connectivity index (χ0n) is 16.4. The lowest BCUT2D eigenvalue weighted by atomic mass is 9.88. The van der Waals surface area contributed by atoms with Gasteiger partial charge in [0.2, 0.25) is 0 Å². The van der Waals surface area contributed by atoms with Gasteiger partial charge >= 0.3 is 5.92 Å². The van der Waals surface area contributed by atoms with E-state index in [1.54, 1.807) is 35.4 Å². The van der Waals surface area contributed by atoms with Crippen molar-refractivity contribution in [3.63, 3.8) is 0 Å². The Morgan fingerprint density at radius 3 is 2.70 bits per heavy atom. The van der Waals surface area contributed by atoms with Crippen molar-refractivity contribution >= 4 is 5.84 Å². The Morgan fingerprint density at radius 1 is 1.17 bits per heavy atom. The zero-order valence-corrected chi connectivity index (χ0v) is 16.4. The van der Waals surface area contributed by atoms with Crippen LogP contribution >= 0.6 is 0 Å². The fraction of sp³-hybridized carbons (Fsp3) is 0.286. The topological polar surface area (TPSA) is 78.3 Å². The van der Waals surface area contributed by atoms with Crippen LogP contribution in [-0.2, 0) is 4.74 Å². The van der Waals surface area contributed by atoms with Crippen molar-refractivity contribution in [3.8, 4) is 17.1 Å². The third-order valence-electron chi connectivity index (χ3n) is 5.10. The van der Waals surface area contributed by atoms with E-state index < -0.39 is 23.4 Å². The highest BCUT2D eigenvalue weighted by Gasteiger charge is 2.56. The Labute approximate surface area is 171 Å². The Morgan fingerprint density at radius 2 is 1.97 bits per heavy atom. The number of nitrogens with zero attached hydrogens (tertiary/aromatic N) is 4. The number of benzene rings is 1. The molecule has 30 heavy (non-hydrogen) atoms. The number of ether oxygens (including phenoxy) is 1. The molecule has 0 fully saturated rings. The molecule has 1 aromatic carbocycles. The molecule has 6 nitrogen and oxygen atoms in total. The molecule has 2 aromatic heterocycles. The number of aromatic nitrogens is 3. The normalized spacial score (nSPS) is 20.4. The number of alkyl halides is 2. The summed E-state index contributed by atoms with van der Waals surface area (Å²) in [6, 6.07) is 7.53. The van der Waals surface area contributed by atoms with Crippen molar-refractivity contribution in [2.75, 3.05) is 6.61 Å². The van der Waals surface area contributed by atoms with Gasteiger partial charge < -0.3 is 10.5 Å². The van der Waals surface area contributed by atoms with Crippen molar-refractivity contribution in [3.05, 3.63) is 66.5 Å². The average molecular weight is 415 g/mol. The number of amidine groups is 1. The lowest BCUT2D eigenvalue weighted by molar-refractivity contribution is -0.191. The molecule has 1 aliphatic heterocycles. The molecule has 0 bridgehead atoms. The molecule has 0 saturated heterocycles. The fourth-order valence-corrected chi connectivity index (χ4v) is 3.25. The molecule has 1 unspecified atom stereocenters. The van der Waals surface area contributed by atoms with Gasteiger partial charge in [0.1, 0.15) is 42.0 Å². The maximum atomic E-state index is 15.2. The number of nitrogens with two attached hydrogens (primary N) is 1. The van der Waals surface area contributed by atoms with Crippen LogP contribution in [0.4, 0.5) is 13.2 Å². The molecule has 0 amide bonds. The fourth-order valence-electron chi connectivity index (χ4n) is 3.25. The van der Waals surface area contributed by atoms with E-state index in [2.05, 4.69) is 15.0 Å². The van der Waals surface area contributed by atoms with E-state index in [4.69, 9.17) is 10.5 Å². The van der Waals surface area contributed by atoms with Crippen molar-refractivity contribution in [2.45, 2.75) is 31.4 Å². The summed E-state index contributed by atoms with van der Waals surface area (Å²) in [6.07, 6.45) is 4.88. The maximum Gasteiger partial charge on any atom is 0.301 e. The van der Waals surface area contributed by atoms with Gasteiger partial charge in [-0.2, -0.15) is 0 Å². The van der Waals surface area contributed by atoms with Crippen molar-refractivity contribution < 1.29 is 17.9 Å². The minimum absolute atomic E-state index is 0.116. The van der Waals surface area contributed by atoms with E-state index in [0.29, 0.717) is 17.1 Å². The number of hydrogen-bond acceptors (Lipinski definition) is 5. The zero-order chi connectivity index (χ0) is 21.5. The SMILES string of the molecule is CC1(C)OCC(N)=NC(c2cc(-c3cn(-c4ccccn4)cn3)ccc2F)C1(F)F. The first-order chi connectivity index (χ1) is 14.2. The van der Waals surface area contributed by atoms with Gasteiger partial charge in [-0.15, -0.1) is 0 Å². The molecule has 3 aromatic rings. The van der Waals surface area contributed by atoms with E-state index in [9.17, 15) is 4.39 Å². The summed E-state index contributed by atoms with van der Waals surface area (Å²) in [5.74, 6) is -3.78. The third kappa shape index (κ3) is 3.45. The van der Waals surface area contributed by atoms with Crippen molar-refractivity contribution in [1.29, 1.82) is 0 Å². The van der Waals surface area contributed by atoms with Crippen LogP contribution in [0.25, 0.3) is 17.1 Å². The average Bonchev–Trinajstić information content (AvgIpc) is 3.19. The second-order valence-corrected chi connectivity index (χ2v) is 7.54. The van der Waals surface area contributed by atoms with Gasteiger partial charge in [0.15, 0.2) is 0 Å². The highest BCUT2D eigenvalue weighted by molar-refractivity contribution is 5.82. The Kier molecular flexibility index (Phi) is 4.85. The lowest BCUT2D eigenvalue weighted by Crippen LogP contribution is -2.48. The van der Waals surface area contributed by atoms with Gasteiger partial charge in [-0.25, -0.2) is 23.1 Å². The molecular formula is C21H20F3N5O. The maximum absolute atomic E-state index is 15.2. The molecule has 1 aliphatic rings.